The zero-order valence-electron chi connectivity index (χ0n) is 17.4. The number of hydrogen-bond donors (Lipinski definition) is 2. The molecular formula is C21H31N3O3. The van der Waals surface area contributed by atoms with Gasteiger partial charge < -0.3 is 9.84 Å². The number of benzene rings is 1. The number of ether oxygens (including phenoxy) is 1. The van der Waals surface area contributed by atoms with Gasteiger partial charge in [-0.25, -0.2) is 9.48 Å². The molecule has 2 aromatic rings. The first kappa shape index (κ1) is 21.0. The highest BCUT2D eigenvalue weighted by Crippen LogP contribution is 2.27. The molecule has 0 bridgehead atoms. The van der Waals surface area contributed by atoms with Crippen molar-refractivity contribution in [2.45, 2.75) is 60.5 Å². The van der Waals surface area contributed by atoms with E-state index in [2.05, 4.69) is 31.2 Å². The lowest BCUT2D eigenvalue weighted by molar-refractivity contribution is 0.118. The summed E-state index contributed by atoms with van der Waals surface area (Å²) >= 11 is 0. The minimum Gasteiger partial charge on any atom is -0.449 e. The number of carbonyl (C=O) groups excluding carboxylic acids is 1. The summed E-state index contributed by atoms with van der Waals surface area (Å²) in [5.41, 5.74) is 3.15. The number of nitrogens with zero attached hydrogens (tertiary/aromatic N) is 2. The number of aryl methyl sites for hydroxylation is 1. The number of anilines is 1. The lowest BCUT2D eigenvalue weighted by Crippen LogP contribution is -2.22. The van der Waals surface area contributed by atoms with Gasteiger partial charge in [0.05, 0.1) is 24.6 Å². The molecule has 6 nitrogen and oxygen atoms in total. The highest BCUT2D eigenvalue weighted by Gasteiger charge is 2.22. The molecule has 0 unspecified atom stereocenters. The van der Waals surface area contributed by atoms with E-state index in [9.17, 15) is 9.90 Å². The molecule has 148 valence electrons. The van der Waals surface area contributed by atoms with Gasteiger partial charge in [-0.1, -0.05) is 47.6 Å². The van der Waals surface area contributed by atoms with Crippen molar-refractivity contribution in [3.8, 4) is 5.69 Å². The van der Waals surface area contributed by atoms with Crippen LogP contribution in [0.1, 0.15) is 58.4 Å². The van der Waals surface area contributed by atoms with Gasteiger partial charge >= 0.3 is 6.09 Å². The molecule has 0 saturated carbocycles. The Labute approximate surface area is 161 Å². The van der Waals surface area contributed by atoms with Gasteiger partial charge in [-0.15, -0.1) is 0 Å². The van der Waals surface area contributed by atoms with Crippen molar-refractivity contribution in [3.63, 3.8) is 0 Å². The summed E-state index contributed by atoms with van der Waals surface area (Å²) in [7, 11) is 0. The number of rotatable bonds is 4. The van der Waals surface area contributed by atoms with E-state index in [1.54, 1.807) is 4.68 Å². The van der Waals surface area contributed by atoms with Crippen molar-refractivity contribution in [3.05, 3.63) is 41.1 Å². The van der Waals surface area contributed by atoms with Gasteiger partial charge in [0.1, 0.15) is 5.82 Å². The van der Waals surface area contributed by atoms with Gasteiger partial charge in [0.15, 0.2) is 0 Å². The van der Waals surface area contributed by atoms with Crippen molar-refractivity contribution in [1.82, 2.24) is 9.78 Å². The van der Waals surface area contributed by atoms with E-state index in [1.807, 2.05) is 52.0 Å². The first-order chi connectivity index (χ1) is 12.4. The summed E-state index contributed by atoms with van der Waals surface area (Å²) in [6.45, 7) is 14.4. The fraction of sp³-hybridized carbons (Fsp3) is 0.524. The van der Waals surface area contributed by atoms with Crippen molar-refractivity contribution in [1.29, 1.82) is 0 Å². The normalized spacial score (nSPS) is 12.1. The van der Waals surface area contributed by atoms with E-state index < -0.39 is 6.09 Å². The highest BCUT2D eigenvalue weighted by molar-refractivity contribution is 5.84. The second-order valence-corrected chi connectivity index (χ2v) is 9.11. The minimum absolute atomic E-state index is 0.0521. The Hall–Kier alpha value is -2.34. The number of nitrogens with one attached hydrogen (secondary N) is 1. The third-order valence-electron chi connectivity index (χ3n) is 4.09. The van der Waals surface area contributed by atoms with Gasteiger partial charge in [0.25, 0.3) is 0 Å². The summed E-state index contributed by atoms with van der Waals surface area (Å²) in [6, 6.07) is 7.58. The molecule has 27 heavy (non-hydrogen) atoms. The van der Waals surface area contributed by atoms with Gasteiger partial charge in [0, 0.05) is 11.5 Å². The topological polar surface area (TPSA) is 76.4 Å². The third kappa shape index (κ3) is 5.57. The van der Waals surface area contributed by atoms with Crippen LogP contribution in [-0.2, 0) is 16.8 Å². The standard InChI is InChI=1S/C21H31N3O3/c1-14-8-9-16(10-15(14)12-25)24-18(11-17(23-24)21(5,6)7)22-19(26)27-13-20(2,3)4/h8-11,25H,12-13H2,1-7H3,(H,22,26). The third-order valence-corrected chi connectivity index (χ3v) is 4.09. The van der Waals surface area contributed by atoms with E-state index in [4.69, 9.17) is 4.74 Å². The SMILES string of the molecule is Cc1ccc(-n2nc(C(C)(C)C)cc2NC(=O)OCC(C)(C)C)cc1CO. The largest absolute Gasteiger partial charge is 0.449 e. The van der Waals surface area contributed by atoms with E-state index in [-0.39, 0.29) is 17.4 Å². The summed E-state index contributed by atoms with van der Waals surface area (Å²) in [6.07, 6.45) is -0.513. The Morgan fingerprint density at radius 3 is 2.41 bits per heavy atom. The van der Waals surface area contributed by atoms with Crippen LogP contribution in [0.15, 0.2) is 24.3 Å². The lowest BCUT2D eigenvalue weighted by atomic mass is 9.92. The molecule has 2 rings (SSSR count). The molecule has 1 aromatic heterocycles. The van der Waals surface area contributed by atoms with Crippen molar-refractivity contribution < 1.29 is 14.6 Å². The number of aromatic nitrogens is 2. The first-order valence-corrected chi connectivity index (χ1v) is 9.16. The number of aliphatic hydroxyl groups is 1. The second-order valence-electron chi connectivity index (χ2n) is 9.11. The smallest absolute Gasteiger partial charge is 0.412 e. The van der Waals surface area contributed by atoms with Crippen LogP contribution in [0, 0.1) is 12.3 Å². The molecule has 1 heterocycles. The Morgan fingerprint density at radius 2 is 1.85 bits per heavy atom. The molecule has 0 atom stereocenters. The van der Waals surface area contributed by atoms with Crippen molar-refractivity contribution >= 4 is 11.9 Å². The molecule has 0 aliphatic heterocycles. The second kappa shape index (κ2) is 7.72. The van der Waals surface area contributed by atoms with Crippen LogP contribution in [0.25, 0.3) is 5.69 Å². The van der Waals surface area contributed by atoms with E-state index >= 15 is 0 Å². The van der Waals surface area contributed by atoms with Crippen molar-refractivity contribution in [2.75, 3.05) is 11.9 Å². The maximum Gasteiger partial charge on any atom is 0.412 e. The molecule has 0 spiro atoms. The zero-order valence-corrected chi connectivity index (χ0v) is 17.4. The molecule has 6 heteroatoms. The number of hydrogen-bond acceptors (Lipinski definition) is 4. The number of carbonyl (C=O) groups is 1. The van der Waals surface area contributed by atoms with Crippen LogP contribution in [0.5, 0.6) is 0 Å². The Bertz CT molecular complexity index is 811. The molecule has 1 aromatic carbocycles. The quantitative estimate of drug-likeness (QED) is 0.823. The van der Waals surface area contributed by atoms with Crippen LogP contribution < -0.4 is 5.32 Å². The molecule has 2 N–H and O–H groups in total. The summed E-state index contributed by atoms with van der Waals surface area (Å²) in [5, 5.41) is 17.1. The van der Waals surface area contributed by atoms with Gasteiger partial charge in [-0.3, -0.25) is 5.32 Å². The Kier molecular flexibility index (Phi) is 6.00. The molecular weight excluding hydrogens is 342 g/mol. The average molecular weight is 373 g/mol. The Balaban J connectivity index is 2.38. The lowest BCUT2D eigenvalue weighted by Gasteiger charge is -2.18. The van der Waals surface area contributed by atoms with E-state index in [0.717, 1.165) is 22.5 Å². The molecule has 0 saturated heterocycles. The monoisotopic (exact) mass is 373 g/mol. The van der Waals surface area contributed by atoms with Crippen LogP contribution in [0.2, 0.25) is 0 Å². The van der Waals surface area contributed by atoms with Crippen LogP contribution in [-0.4, -0.2) is 27.6 Å². The maximum absolute atomic E-state index is 12.3. The first-order valence-electron chi connectivity index (χ1n) is 9.16. The van der Waals surface area contributed by atoms with Crippen LogP contribution in [0.3, 0.4) is 0 Å². The molecule has 0 aliphatic carbocycles. The van der Waals surface area contributed by atoms with Gasteiger partial charge in [0.2, 0.25) is 0 Å². The molecule has 0 fully saturated rings. The summed E-state index contributed by atoms with van der Waals surface area (Å²) < 4.78 is 7.01. The number of aliphatic hydroxyl groups excluding tert-OH is 1. The maximum atomic E-state index is 12.3. The predicted octanol–water partition coefficient (Wildman–Crippen LogP) is 4.57. The van der Waals surface area contributed by atoms with Crippen LogP contribution >= 0.6 is 0 Å². The van der Waals surface area contributed by atoms with E-state index in [0.29, 0.717) is 12.4 Å². The summed E-state index contributed by atoms with van der Waals surface area (Å²) in [5.74, 6) is 0.534. The molecule has 0 radical (unpaired) electrons. The number of amides is 1. The molecule has 1 amide bonds. The van der Waals surface area contributed by atoms with E-state index in [1.165, 1.54) is 0 Å². The van der Waals surface area contributed by atoms with Crippen LogP contribution in [0.4, 0.5) is 10.6 Å². The van der Waals surface area contributed by atoms with Gasteiger partial charge in [-0.2, -0.15) is 5.10 Å². The predicted molar refractivity (Wildman–Crippen MR) is 107 cm³/mol. The summed E-state index contributed by atoms with van der Waals surface area (Å²) in [4.78, 5) is 12.3. The Morgan fingerprint density at radius 1 is 1.19 bits per heavy atom. The highest BCUT2D eigenvalue weighted by atomic mass is 16.5. The fourth-order valence-corrected chi connectivity index (χ4v) is 2.42. The zero-order chi connectivity index (χ0) is 20.4. The average Bonchev–Trinajstić information content (AvgIpc) is 2.97. The van der Waals surface area contributed by atoms with Crippen molar-refractivity contribution in [2.24, 2.45) is 5.41 Å². The minimum atomic E-state index is -0.513. The van der Waals surface area contributed by atoms with Gasteiger partial charge in [-0.05, 0) is 35.6 Å². The molecule has 0 aliphatic rings. The fourth-order valence-electron chi connectivity index (χ4n) is 2.42.